The number of anilines is 2. The number of aromatic hydroxyl groups is 4. The second-order valence-electron chi connectivity index (χ2n) is 9.31. The van der Waals surface area contributed by atoms with E-state index in [0.717, 1.165) is 49.7 Å². The summed E-state index contributed by atoms with van der Waals surface area (Å²) in [5.41, 5.74) is 13.0. The second kappa shape index (κ2) is 5.40. The maximum Gasteiger partial charge on any atom is 0.146 e. The van der Waals surface area contributed by atoms with Gasteiger partial charge in [-0.15, -0.1) is 0 Å². The minimum absolute atomic E-state index is 0.0217. The van der Waals surface area contributed by atoms with Crippen molar-refractivity contribution in [3.8, 4) is 23.0 Å². The standard InChI is InChI=1S/C22H26N2O4/c23-17-15(25)3-1-13(19(17)27)21-6-11-5-12(7-21)9-22(8-11,10-21)14-2-4-16(26)18(24)20(14)28/h1-4,11-12,25-28H,5-10,23-24H2. The average molecular weight is 382 g/mol. The predicted octanol–water partition coefficient (Wildman–Crippen LogP) is 3.46. The minimum atomic E-state index is -0.241. The Kier molecular flexibility index (Phi) is 3.35. The fraction of sp³-hybridized carbons (Fsp3) is 0.455. The molecule has 6 nitrogen and oxygen atoms in total. The smallest absolute Gasteiger partial charge is 0.146 e. The van der Waals surface area contributed by atoms with Gasteiger partial charge in [0, 0.05) is 22.0 Å². The van der Waals surface area contributed by atoms with Gasteiger partial charge in [0.15, 0.2) is 0 Å². The average Bonchev–Trinajstić information content (AvgIpc) is 2.63. The van der Waals surface area contributed by atoms with Gasteiger partial charge in [-0.1, -0.05) is 12.1 Å². The molecule has 148 valence electrons. The number of phenolic OH excluding ortho intramolecular Hbond substituents is 4. The summed E-state index contributed by atoms with van der Waals surface area (Å²) >= 11 is 0. The van der Waals surface area contributed by atoms with Gasteiger partial charge in [-0.05, 0) is 62.5 Å². The van der Waals surface area contributed by atoms with E-state index in [4.69, 9.17) is 11.5 Å². The summed E-state index contributed by atoms with van der Waals surface area (Å²) in [5.74, 6) is 0.725. The molecule has 0 heterocycles. The van der Waals surface area contributed by atoms with E-state index >= 15 is 0 Å². The minimum Gasteiger partial charge on any atom is -0.506 e. The van der Waals surface area contributed by atoms with Gasteiger partial charge in [0.2, 0.25) is 0 Å². The molecule has 28 heavy (non-hydrogen) atoms. The number of nitrogen functional groups attached to an aromatic ring is 2. The lowest BCUT2D eigenvalue weighted by Gasteiger charge is -2.62. The first kappa shape index (κ1) is 17.3. The molecule has 0 spiro atoms. The van der Waals surface area contributed by atoms with Crippen molar-refractivity contribution in [3.63, 3.8) is 0 Å². The van der Waals surface area contributed by atoms with Gasteiger partial charge in [-0.25, -0.2) is 0 Å². The number of rotatable bonds is 2. The number of benzene rings is 2. The van der Waals surface area contributed by atoms with Crippen molar-refractivity contribution < 1.29 is 20.4 Å². The Bertz CT molecular complexity index is 897. The van der Waals surface area contributed by atoms with Crippen molar-refractivity contribution in [2.75, 3.05) is 11.5 Å². The second-order valence-corrected chi connectivity index (χ2v) is 9.31. The van der Waals surface area contributed by atoms with Gasteiger partial charge < -0.3 is 31.9 Å². The van der Waals surface area contributed by atoms with Crippen molar-refractivity contribution in [1.82, 2.24) is 0 Å². The molecule has 4 aliphatic carbocycles. The van der Waals surface area contributed by atoms with E-state index in [1.807, 2.05) is 0 Å². The molecule has 6 heteroatoms. The third-order valence-corrected chi connectivity index (χ3v) is 7.59. The summed E-state index contributed by atoms with van der Waals surface area (Å²) < 4.78 is 0. The van der Waals surface area contributed by atoms with E-state index < -0.39 is 0 Å². The van der Waals surface area contributed by atoms with Gasteiger partial charge in [0.1, 0.15) is 34.4 Å². The molecular formula is C22H26N2O4. The van der Waals surface area contributed by atoms with E-state index in [0.29, 0.717) is 11.8 Å². The molecule has 4 fully saturated rings. The molecule has 4 bridgehead atoms. The Balaban J connectivity index is 1.67. The molecule has 6 rings (SSSR count). The summed E-state index contributed by atoms with van der Waals surface area (Å²) in [4.78, 5) is 0. The number of hydrogen-bond donors (Lipinski definition) is 6. The number of hydrogen-bond acceptors (Lipinski definition) is 6. The zero-order valence-corrected chi connectivity index (χ0v) is 15.7. The van der Waals surface area contributed by atoms with Gasteiger partial charge in [-0.2, -0.15) is 0 Å². The van der Waals surface area contributed by atoms with Crippen LogP contribution in [-0.4, -0.2) is 20.4 Å². The van der Waals surface area contributed by atoms with Crippen LogP contribution in [0.1, 0.15) is 49.7 Å². The summed E-state index contributed by atoms with van der Waals surface area (Å²) in [7, 11) is 0. The fourth-order valence-electron chi connectivity index (χ4n) is 6.94. The van der Waals surface area contributed by atoms with Gasteiger partial charge in [0.05, 0.1) is 0 Å². The van der Waals surface area contributed by atoms with Crippen molar-refractivity contribution in [2.24, 2.45) is 11.8 Å². The highest BCUT2D eigenvalue weighted by Gasteiger charge is 2.60. The first-order chi connectivity index (χ1) is 13.2. The van der Waals surface area contributed by atoms with Gasteiger partial charge >= 0.3 is 0 Å². The normalized spacial score (nSPS) is 33.3. The monoisotopic (exact) mass is 382 g/mol. The maximum absolute atomic E-state index is 10.7. The van der Waals surface area contributed by atoms with Gasteiger partial charge in [-0.3, -0.25) is 0 Å². The van der Waals surface area contributed by atoms with Crippen LogP contribution in [0.2, 0.25) is 0 Å². The Morgan fingerprint density at radius 3 is 1.46 bits per heavy atom. The van der Waals surface area contributed by atoms with Crippen LogP contribution in [0.5, 0.6) is 23.0 Å². The molecule has 0 amide bonds. The summed E-state index contributed by atoms with van der Waals surface area (Å²) in [6.45, 7) is 0. The van der Waals surface area contributed by atoms with Crippen LogP contribution in [0.15, 0.2) is 24.3 Å². The van der Waals surface area contributed by atoms with Crippen LogP contribution < -0.4 is 11.5 Å². The third-order valence-electron chi connectivity index (χ3n) is 7.59. The topological polar surface area (TPSA) is 133 Å². The molecule has 2 aromatic carbocycles. The lowest BCUT2D eigenvalue weighted by molar-refractivity contribution is -0.0296. The summed E-state index contributed by atoms with van der Waals surface area (Å²) in [5, 5.41) is 41.2. The molecule has 8 N–H and O–H groups in total. The van der Waals surface area contributed by atoms with Gasteiger partial charge in [0.25, 0.3) is 0 Å². The highest BCUT2D eigenvalue weighted by molar-refractivity contribution is 5.68. The summed E-state index contributed by atoms with van der Waals surface area (Å²) in [6.07, 6.45) is 5.82. The lowest BCUT2D eigenvalue weighted by Crippen LogP contribution is -2.56. The van der Waals surface area contributed by atoms with Crippen LogP contribution >= 0.6 is 0 Å². The molecule has 4 aliphatic rings. The first-order valence-electron chi connectivity index (χ1n) is 9.86. The van der Waals surface area contributed by atoms with E-state index in [1.54, 1.807) is 24.3 Å². The Labute approximate surface area is 163 Å². The van der Waals surface area contributed by atoms with Crippen LogP contribution in [-0.2, 0) is 10.8 Å². The first-order valence-corrected chi connectivity index (χ1v) is 9.86. The Hall–Kier alpha value is -2.76. The van der Waals surface area contributed by atoms with Crippen LogP contribution in [0.4, 0.5) is 11.4 Å². The molecule has 2 aromatic rings. The maximum atomic E-state index is 10.7. The highest BCUT2D eigenvalue weighted by atomic mass is 16.3. The van der Waals surface area contributed by atoms with Crippen LogP contribution in [0.3, 0.4) is 0 Å². The van der Waals surface area contributed by atoms with Crippen molar-refractivity contribution >= 4 is 11.4 Å². The molecule has 0 aliphatic heterocycles. The third kappa shape index (κ3) is 2.14. The molecule has 0 unspecified atom stereocenters. The molecule has 0 atom stereocenters. The fourth-order valence-corrected chi connectivity index (χ4v) is 6.94. The van der Waals surface area contributed by atoms with Crippen molar-refractivity contribution in [1.29, 1.82) is 0 Å². The molecular weight excluding hydrogens is 356 g/mol. The van der Waals surface area contributed by atoms with Crippen molar-refractivity contribution in [2.45, 2.75) is 49.4 Å². The SMILES string of the molecule is Nc1c(O)ccc(C23CC4CC(C2)CC(c2ccc(O)c(N)c2O)(C4)C3)c1O. The van der Waals surface area contributed by atoms with Crippen LogP contribution in [0.25, 0.3) is 0 Å². The zero-order valence-electron chi connectivity index (χ0n) is 15.7. The van der Waals surface area contributed by atoms with Crippen LogP contribution in [0, 0.1) is 11.8 Å². The quantitative estimate of drug-likeness (QED) is 0.348. The van der Waals surface area contributed by atoms with E-state index in [1.165, 1.54) is 0 Å². The lowest BCUT2D eigenvalue weighted by atomic mass is 9.41. The van der Waals surface area contributed by atoms with E-state index in [-0.39, 0.29) is 45.2 Å². The highest BCUT2D eigenvalue weighted by Crippen LogP contribution is 2.68. The molecule has 4 saturated carbocycles. The molecule has 0 radical (unpaired) electrons. The number of phenols is 4. The molecule has 0 saturated heterocycles. The summed E-state index contributed by atoms with van der Waals surface area (Å²) in [6, 6.07) is 6.72. The van der Waals surface area contributed by atoms with E-state index in [9.17, 15) is 20.4 Å². The van der Waals surface area contributed by atoms with Crippen molar-refractivity contribution in [3.05, 3.63) is 35.4 Å². The Morgan fingerprint density at radius 2 is 1.07 bits per heavy atom. The predicted molar refractivity (Wildman–Crippen MR) is 106 cm³/mol. The largest absolute Gasteiger partial charge is 0.506 e. The zero-order chi connectivity index (χ0) is 19.8. The number of nitrogens with two attached hydrogens (primary N) is 2. The molecule has 0 aromatic heterocycles. The van der Waals surface area contributed by atoms with E-state index in [2.05, 4.69) is 0 Å². The Morgan fingerprint density at radius 1 is 0.679 bits per heavy atom.